The molecule has 1 aromatic rings. The van der Waals surface area contributed by atoms with E-state index in [4.69, 9.17) is 5.11 Å². The number of H-pyrrole nitrogens is 1. The molecule has 19 heavy (non-hydrogen) atoms. The number of hydrogen-bond donors (Lipinski definition) is 2. The van der Waals surface area contributed by atoms with E-state index in [1.54, 1.807) is 0 Å². The number of nitrogens with zero attached hydrogens (tertiary/aromatic N) is 1. The lowest BCUT2D eigenvalue weighted by Crippen LogP contribution is -2.22. The van der Waals surface area contributed by atoms with Gasteiger partial charge in [-0.25, -0.2) is 4.98 Å². The quantitative estimate of drug-likeness (QED) is 0.878. The Morgan fingerprint density at radius 3 is 2.89 bits per heavy atom. The smallest absolute Gasteiger partial charge is 0.411 e. The van der Waals surface area contributed by atoms with Crippen molar-refractivity contribution >= 4 is 5.97 Å². The van der Waals surface area contributed by atoms with Crippen LogP contribution >= 0.6 is 0 Å². The summed E-state index contributed by atoms with van der Waals surface area (Å²) in [5.74, 6) is -1.02. The number of rotatable bonds is 4. The van der Waals surface area contributed by atoms with Crippen LogP contribution in [0.2, 0.25) is 0 Å². The monoisotopic (exact) mass is 278 g/mol. The van der Waals surface area contributed by atoms with Crippen molar-refractivity contribution in [2.75, 3.05) is 6.61 Å². The molecule has 1 unspecified atom stereocenters. The zero-order valence-electron chi connectivity index (χ0n) is 9.96. The molecular weight excluding hydrogens is 265 g/mol. The number of fused-ring (bicyclic) bond motifs is 1. The van der Waals surface area contributed by atoms with Crippen molar-refractivity contribution in [1.29, 1.82) is 0 Å². The number of hydrogen-bond acceptors (Lipinski definition) is 3. The third-order valence-corrected chi connectivity index (χ3v) is 2.95. The van der Waals surface area contributed by atoms with Crippen LogP contribution in [0.3, 0.4) is 0 Å². The molecule has 0 aliphatic heterocycles. The van der Waals surface area contributed by atoms with Gasteiger partial charge in [0.15, 0.2) is 0 Å². The lowest BCUT2D eigenvalue weighted by Gasteiger charge is -2.16. The van der Waals surface area contributed by atoms with Crippen LogP contribution in [0.4, 0.5) is 13.2 Å². The van der Waals surface area contributed by atoms with Gasteiger partial charge in [0.2, 0.25) is 0 Å². The van der Waals surface area contributed by atoms with Crippen LogP contribution < -0.4 is 0 Å². The summed E-state index contributed by atoms with van der Waals surface area (Å²) in [5, 5.41) is 8.92. The van der Waals surface area contributed by atoms with Crippen molar-refractivity contribution in [3.05, 3.63) is 17.2 Å². The van der Waals surface area contributed by atoms with E-state index in [9.17, 15) is 18.0 Å². The van der Waals surface area contributed by atoms with Crippen LogP contribution in [-0.2, 0) is 29.0 Å². The molecule has 1 aliphatic carbocycles. The number of aromatic nitrogens is 2. The molecule has 1 aliphatic rings. The number of alkyl halides is 3. The number of aryl methyl sites for hydroxylation is 1. The lowest BCUT2D eigenvalue weighted by atomic mass is 9.90. The van der Waals surface area contributed by atoms with E-state index in [0.29, 0.717) is 30.8 Å². The van der Waals surface area contributed by atoms with Gasteiger partial charge in [-0.2, -0.15) is 13.2 Å². The van der Waals surface area contributed by atoms with Crippen LogP contribution in [-0.4, -0.2) is 33.8 Å². The summed E-state index contributed by atoms with van der Waals surface area (Å²) in [4.78, 5) is 17.8. The van der Waals surface area contributed by atoms with E-state index in [1.165, 1.54) is 0 Å². The molecule has 0 amide bonds. The topological polar surface area (TPSA) is 75.2 Å². The third-order valence-electron chi connectivity index (χ3n) is 2.95. The van der Waals surface area contributed by atoms with Crippen LogP contribution in [0.25, 0.3) is 0 Å². The van der Waals surface area contributed by atoms with E-state index in [2.05, 4.69) is 14.7 Å². The van der Waals surface area contributed by atoms with Crippen molar-refractivity contribution < 1.29 is 27.8 Å². The molecule has 0 saturated heterocycles. The van der Waals surface area contributed by atoms with E-state index in [1.807, 2.05) is 0 Å². The maximum Gasteiger partial charge on any atom is 0.411 e. The van der Waals surface area contributed by atoms with Gasteiger partial charge < -0.3 is 14.8 Å². The van der Waals surface area contributed by atoms with Gasteiger partial charge in [-0.15, -0.1) is 0 Å². The number of ether oxygens (including phenoxy) is 1. The molecule has 0 aromatic carbocycles. The Morgan fingerprint density at radius 1 is 1.53 bits per heavy atom. The zero-order valence-corrected chi connectivity index (χ0v) is 9.96. The molecule has 0 bridgehead atoms. The van der Waals surface area contributed by atoms with Crippen molar-refractivity contribution in [3.8, 4) is 0 Å². The Hall–Kier alpha value is -1.57. The minimum atomic E-state index is -4.36. The van der Waals surface area contributed by atoms with E-state index >= 15 is 0 Å². The first-order valence-electron chi connectivity index (χ1n) is 5.79. The molecule has 1 heterocycles. The highest BCUT2D eigenvalue weighted by Gasteiger charge is 2.29. The van der Waals surface area contributed by atoms with Crippen molar-refractivity contribution in [2.24, 2.45) is 5.92 Å². The highest BCUT2D eigenvalue weighted by Crippen LogP contribution is 2.24. The molecule has 8 heteroatoms. The van der Waals surface area contributed by atoms with Crippen molar-refractivity contribution in [3.63, 3.8) is 0 Å². The number of aliphatic carboxylic acids is 1. The molecule has 0 fully saturated rings. The predicted octanol–water partition coefficient (Wildman–Crippen LogP) is 1.68. The predicted molar refractivity (Wildman–Crippen MR) is 57.4 cm³/mol. The lowest BCUT2D eigenvalue weighted by molar-refractivity contribution is -0.177. The molecule has 0 saturated carbocycles. The SMILES string of the molecule is O=C(O)C1CCc2nc(COCC(F)(F)F)[nH]c2C1. The summed E-state index contributed by atoms with van der Waals surface area (Å²) in [6.07, 6.45) is -3.02. The van der Waals surface area contributed by atoms with Gasteiger partial charge in [0.1, 0.15) is 19.0 Å². The Labute approximate surface area is 106 Å². The van der Waals surface area contributed by atoms with Crippen molar-refractivity contribution in [1.82, 2.24) is 9.97 Å². The van der Waals surface area contributed by atoms with Gasteiger partial charge in [0.25, 0.3) is 0 Å². The normalized spacial score (nSPS) is 19.2. The van der Waals surface area contributed by atoms with Gasteiger partial charge in [0.05, 0.1) is 11.6 Å². The van der Waals surface area contributed by atoms with Gasteiger partial charge in [-0.1, -0.05) is 0 Å². The Balaban J connectivity index is 1.94. The van der Waals surface area contributed by atoms with Gasteiger partial charge in [0, 0.05) is 12.1 Å². The molecule has 106 valence electrons. The second kappa shape index (κ2) is 5.20. The average molecular weight is 278 g/mol. The fourth-order valence-electron chi connectivity index (χ4n) is 2.08. The van der Waals surface area contributed by atoms with Crippen LogP contribution in [0, 0.1) is 5.92 Å². The number of nitrogens with one attached hydrogen (secondary N) is 1. The second-order valence-electron chi connectivity index (χ2n) is 4.49. The van der Waals surface area contributed by atoms with Gasteiger partial charge in [-0.05, 0) is 12.8 Å². The molecule has 5 nitrogen and oxygen atoms in total. The number of halogens is 3. The minimum absolute atomic E-state index is 0.260. The van der Waals surface area contributed by atoms with E-state index < -0.39 is 24.7 Å². The number of carboxylic acid groups (broad SMARTS) is 1. The summed E-state index contributed by atoms with van der Waals surface area (Å²) < 4.78 is 40.2. The summed E-state index contributed by atoms with van der Waals surface area (Å²) in [6, 6.07) is 0. The summed E-state index contributed by atoms with van der Waals surface area (Å²) in [5.41, 5.74) is 1.41. The Morgan fingerprint density at radius 2 is 2.26 bits per heavy atom. The van der Waals surface area contributed by atoms with E-state index in [-0.39, 0.29) is 6.61 Å². The zero-order chi connectivity index (χ0) is 14.0. The van der Waals surface area contributed by atoms with Crippen LogP contribution in [0.5, 0.6) is 0 Å². The number of imidazole rings is 1. The molecular formula is C11H13F3N2O3. The minimum Gasteiger partial charge on any atom is -0.481 e. The molecule has 2 N–H and O–H groups in total. The van der Waals surface area contributed by atoms with Gasteiger partial charge >= 0.3 is 12.1 Å². The molecule has 2 rings (SSSR count). The number of carbonyl (C=O) groups is 1. The summed E-state index contributed by atoms with van der Waals surface area (Å²) in [6.45, 7) is -1.58. The Kier molecular flexibility index (Phi) is 3.79. The first-order valence-corrected chi connectivity index (χ1v) is 5.79. The number of aromatic amines is 1. The first-order chi connectivity index (χ1) is 8.85. The highest BCUT2D eigenvalue weighted by molar-refractivity contribution is 5.70. The molecule has 0 radical (unpaired) electrons. The maximum absolute atomic E-state index is 11.9. The fraction of sp³-hybridized carbons (Fsp3) is 0.636. The Bertz CT molecular complexity index is 470. The van der Waals surface area contributed by atoms with E-state index in [0.717, 1.165) is 5.69 Å². The molecule has 1 atom stereocenters. The van der Waals surface area contributed by atoms with Gasteiger partial charge in [-0.3, -0.25) is 4.79 Å². The number of carboxylic acids is 1. The maximum atomic E-state index is 11.9. The standard InChI is InChI=1S/C11H13F3N2O3/c12-11(13,14)5-19-4-9-15-7-2-1-6(10(17)18)3-8(7)16-9/h6H,1-5H2,(H,15,16)(H,17,18). The molecule has 1 aromatic heterocycles. The largest absolute Gasteiger partial charge is 0.481 e. The van der Waals surface area contributed by atoms with Crippen LogP contribution in [0.15, 0.2) is 0 Å². The van der Waals surface area contributed by atoms with Crippen molar-refractivity contribution in [2.45, 2.75) is 32.0 Å². The second-order valence-corrected chi connectivity index (χ2v) is 4.49. The average Bonchev–Trinajstić information content (AvgIpc) is 2.68. The fourth-order valence-corrected chi connectivity index (χ4v) is 2.08. The van der Waals surface area contributed by atoms with Crippen LogP contribution in [0.1, 0.15) is 23.6 Å². The first kappa shape index (κ1) is 13.9. The molecule has 0 spiro atoms. The summed E-state index contributed by atoms with van der Waals surface area (Å²) in [7, 11) is 0. The third kappa shape index (κ3) is 3.69. The highest BCUT2D eigenvalue weighted by atomic mass is 19.4. The summed E-state index contributed by atoms with van der Waals surface area (Å²) >= 11 is 0.